The number of aryl methyl sites for hydroxylation is 2. The van der Waals surface area contributed by atoms with E-state index in [1.807, 2.05) is 14.0 Å². The Hall–Kier alpha value is -0.250. The number of hydrogen-bond donors (Lipinski definition) is 0. The lowest BCUT2D eigenvalue weighted by molar-refractivity contribution is 0.204. The fourth-order valence-electron chi connectivity index (χ4n) is 2.43. The summed E-state index contributed by atoms with van der Waals surface area (Å²) in [5.41, 5.74) is 2.16. The van der Waals surface area contributed by atoms with Gasteiger partial charge in [0.05, 0.1) is 5.69 Å². The Bertz CT molecular complexity index is 397. The molecule has 0 aromatic carbocycles. The molecule has 1 fully saturated rings. The first kappa shape index (κ1) is 13.2. The molecule has 0 atom stereocenters. The van der Waals surface area contributed by atoms with E-state index in [-0.39, 0.29) is 0 Å². The van der Waals surface area contributed by atoms with Crippen LogP contribution < -0.4 is 0 Å². The Morgan fingerprint density at radius 3 is 2.59 bits per heavy atom. The van der Waals surface area contributed by atoms with Gasteiger partial charge in [-0.1, -0.05) is 11.6 Å². The third kappa shape index (κ3) is 2.95. The van der Waals surface area contributed by atoms with Gasteiger partial charge in [-0.3, -0.25) is 4.68 Å². The van der Waals surface area contributed by atoms with Crippen molar-refractivity contribution in [2.75, 3.05) is 13.6 Å². The minimum atomic E-state index is 0.400. The lowest BCUT2D eigenvalue weighted by Crippen LogP contribution is -2.34. The quantitative estimate of drug-likeness (QED) is 0.788. The first-order chi connectivity index (χ1) is 7.97. The summed E-state index contributed by atoms with van der Waals surface area (Å²) in [4.78, 5) is 2.31. The van der Waals surface area contributed by atoms with Gasteiger partial charge in [0.2, 0.25) is 0 Å². The fourth-order valence-corrected chi connectivity index (χ4v) is 3.17. The third-order valence-electron chi connectivity index (χ3n) is 3.45. The predicted molar refractivity (Wildman–Crippen MR) is 71.7 cm³/mol. The highest BCUT2D eigenvalue weighted by atomic mass is 35.5. The van der Waals surface area contributed by atoms with Crippen LogP contribution in [0.1, 0.15) is 24.1 Å². The van der Waals surface area contributed by atoms with E-state index >= 15 is 0 Å². The summed E-state index contributed by atoms with van der Waals surface area (Å²) < 4.78 is 1.73. The molecule has 0 amide bonds. The molecule has 96 valence electrons. The van der Waals surface area contributed by atoms with Crippen molar-refractivity contribution < 1.29 is 0 Å². The smallest absolute Gasteiger partial charge is 0.131 e. The maximum Gasteiger partial charge on any atom is 0.131 e. The molecule has 1 aliphatic carbocycles. The van der Waals surface area contributed by atoms with Crippen molar-refractivity contribution in [2.45, 2.75) is 31.7 Å². The molecule has 5 heteroatoms. The molecule has 0 bridgehead atoms. The van der Waals surface area contributed by atoms with Crippen molar-refractivity contribution in [2.24, 2.45) is 13.0 Å². The van der Waals surface area contributed by atoms with E-state index < -0.39 is 0 Å². The minimum absolute atomic E-state index is 0.400. The summed E-state index contributed by atoms with van der Waals surface area (Å²) >= 11 is 12.2. The molecule has 0 unspecified atom stereocenters. The number of rotatable bonds is 4. The third-order valence-corrected chi connectivity index (χ3v) is 4.28. The Morgan fingerprint density at radius 2 is 2.12 bits per heavy atom. The average molecular weight is 276 g/mol. The highest BCUT2D eigenvalue weighted by molar-refractivity contribution is 6.30. The molecule has 0 aliphatic heterocycles. The van der Waals surface area contributed by atoms with Gasteiger partial charge in [-0.2, -0.15) is 5.10 Å². The molecule has 1 aromatic rings. The summed E-state index contributed by atoms with van der Waals surface area (Å²) in [6.07, 6.45) is 2.29. The summed E-state index contributed by atoms with van der Waals surface area (Å²) in [6.45, 7) is 3.96. The zero-order valence-corrected chi connectivity index (χ0v) is 12.1. The molecular formula is C12H19Cl2N3. The fraction of sp³-hybridized carbons (Fsp3) is 0.750. The summed E-state index contributed by atoms with van der Waals surface area (Å²) in [7, 11) is 4.01. The van der Waals surface area contributed by atoms with Gasteiger partial charge >= 0.3 is 0 Å². The molecule has 0 radical (unpaired) electrons. The first-order valence-corrected chi connectivity index (χ1v) is 6.79. The number of alkyl halides is 1. The monoisotopic (exact) mass is 275 g/mol. The van der Waals surface area contributed by atoms with E-state index in [1.54, 1.807) is 4.68 Å². The van der Waals surface area contributed by atoms with Gasteiger partial charge in [0.1, 0.15) is 5.15 Å². The van der Waals surface area contributed by atoms with E-state index in [0.29, 0.717) is 5.38 Å². The molecule has 1 aliphatic rings. The number of halogens is 2. The lowest BCUT2D eigenvalue weighted by atomic mass is 9.84. The maximum absolute atomic E-state index is 6.22. The van der Waals surface area contributed by atoms with E-state index in [4.69, 9.17) is 23.2 Å². The highest BCUT2D eigenvalue weighted by Crippen LogP contribution is 2.32. The Kier molecular flexibility index (Phi) is 4.01. The molecular weight excluding hydrogens is 257 g/mol. The van der Waals surface area contributed by atoms with Gasteiger partial charge in [0.25, 0.3) is 0 Å². The number of hydrogen-bond acceptors (Lipinski definition) is 2. The Balaban J connectivity index is 1.91. The largest absolute Gasteiger partial charge is 0.302 e. The summed E-state index contributed by atoms with van der Waals surface area (Å²) in [5.74, 6) is 0.748. The van der Waals surface area contributed by atoms with Crippen LogP contribution in [0.25, 0.3) is 0 Å². The minimum Gasteiger partial charge on any atom is -0.302 e. The first-order valence-electron chi connectivity index (χ1n) is 5.98. The molecule has 0 N–H and O–H groups in total. The van der Waals surface area contributed by atoms with Gasteiger partial charge < -0.3 is 4.90 Å². The van der Waals surface area contributed by atoms with Crippen molar-refractivity contribution >= 4 is 23.2 Å². The van der Waals surface area contributed by atoms with Gasteiger partial charge in [0.15, 0.2) is 0 Å². The molecule has 0 saturated heterocycles. The summed E-state index contributed by atoms with van der Waals surface area (Å²) in [6, 6.07) is 0. The van der Waals surface area contributed by atoms with E-state index in [0.717, 1.165) is 48.3 Å². The second-order valence-electron chi connectivity index (χ2n) is 5.11. The van der Waals surface area contributed by atoms with E-state index in [2.05, 4.69) is 17.0 Å². The molecule has 1 aromatic heterocycles. The van der Waals surface area contributed by atoms with Crippen LogP contribution in [0.4, 0.5) is 0 Å². The Morgan fingerprint density at radius 1 is 1.47 bits per heavy atom. The standard InChI is InChI=1S/C12H19Cl2N3/c1-8-11(12(14)17(3)15-8)7-16(2)6-9-4-10(13)5-9/h9-10H,4-7H2,1-3H3. The van der Waals surface area contributed by atoms with E-state index in [9.17, 15) is 0 Å². The van der Waals surface area contributed by atoms with Crippen LogP contribution in [-0.2, 0) is 13.6 Å². The van der Waals surface area contributed by atoms with Gasteiger partial charge in [0, 0.05) is 31.1 Å². The molecule has 3 nitrogen and oxygen atoms in total. The van der Waals surface area contributed by atoms with Crippen molar-refractivity contribution in [3.63, 3.8) is 0 Å². The Labute approximate surface area is 113 Å². The molecule has 2 rings (SSSR count). The van der Waals surface area contributed by atoms with Crippen molar-refractivity contribution in [3.05, 3.63) is 16.4 Å². The maximum atomic E-state index is 6.22. The van der Waals surface area contributed by atoms with Gasteiger partial charge in [-0.25, -0.2) is 0 Å². The molecule has 1 heterocycles. The molecule has 17 heavy (non-hydrogen) atoms. The second kappa shape index (κ2) is 5.17. The summed E-state index contributed by atoms with van der Waals surface area (Å²) in [5, 5.41) is 5.47. The van der Waals surface area contributed by atoms with Crippen molar-refractivity contribution in [1.82, 2.24) is 14.7 Å². The molecule has 0 spiro atoms. The number of aromatic nitrogens is 2. The molecule has 1 saturated carbocycles. The van der Waals surface area contributed by atoms with Crippen LogP contribution >= 0.6 is 23.2 Å². The van der Waals surface area contributed by atoms with E-state index in [1.165, 1.54) is 0 Å². The van der Waals surface area contributed by atoms with Crippen LogP contribution in [0.3, 0.4) is 0 Å². The second-order valence-corrected chi connectivity index (χ2v) is 6.09. The van der Waals surface area contributed by atoms with Gasteiger partial charge in [-0.05, 0) is 32.7 Å². The zero-order chi connectivity index (χ0) is 12.6. The zero-order valence-electron chi connectivity index (χ0n) is 10.6. The van der Waals surface area contributed by atoms with Gasteiger partial charge in [-0.15, -0.1) is 11.6 Å². The van der Waals surface area contributed by atoms with Crippen LogP contribution in [0.5, 0.6) is 0 Å². The number of nitrogens with zero attached hydrogens (tertiary/aromatic N) is 3. The van der Waals surface area contributed by atoms with Crippen LogP contribution in [0.2, 0.25) is 5.15 Å². The van der Waals surface area contributed by atoms with Crippen LogP contribution in [-0.4, -0.2) is 33.6 Å². The van der Waals surface area contributed by atoms with Crippen LogP contribution in [0.15, 0.2) is 0 Å². The topological polar surface area (TPSA) is 21.1 Å². The van der Waals surface area contributed by atoms with Crippen LogP contribution in [0, 0.1) is 12.8 Å². The normalized spacial score (nSPS) is 24.1. The predicted octanol–water partition coefficient (Wildman–Crippen LogP) is 2.83. The van der Waals surface area contributed by atoms with Crippen molar-refractivity contribution in [1.29, 1.82) is 0 Å². The SMILES string of the molecule is Cc1nn(C)c(Cl)c1CN(C)CC1CC(Cl)C1. The lowest BCUT2D eigenvalue weighted by Gasteiger charge is -2.34. The average Bonchev–Trinajstić information content (AvgIpc) is 2.43. The van der Waals surface area contributed by atoms with Crippen molar-refractivity contribution in [3.8, 4) is 0 Å². The highest BCUT2D eigenvalue weighted by Gasteiger charge is 2.28.